The normalized spacial score (nSPS) is 11.5. The lowest BCUT2D eigenvalue weighted by Gasteiger charge is -2.12. The van der Waals surface area contributed by atoms with Gasteiger partial charge in [0.2, 0.25) is 0 Å². The molecule has 2 heterocycles. The molecule has 5 heteroatoms. The van der Waals surface area contributed by atoms with Crippen LogP contribution in [-0.4, -0.2) is 15.0 Å². The molecule has 0 amide bonds. The maximum Gasteiger partial charge on any atom is 0.187 e. The highest BCUT2D eigenvalue weighted by atomic mass is 16.3. The maximum atomic E-state index is 7.55. The number of para-hydroxylation sites is 1. The Balaban J connectivity index is 0.921. The van der Waals surface area contributed by atoms with Crippen LogP contribution in [0.25, 0.3) is 127 Å². The number of rotatable bonds is 6. The van der Waals surface area contributed by atoms with Gasteiger partial charge < -0.3 is 4.42 Å². The summed E-state index contributed by atoms with van der Waals surface area (Å²) in [4.78, 5) is 18.5. The van der Waals surface area contributed by atoms with Gasteiger partial charge in [0.05, 0.1) is 6.57 Å². The summed E-state index contributed by atoms with van der Waals surface area (Å²) in [6.45, 7) is 7.55. The van der Waals surface area contributed by atoms with Crippen LogP contribution in [0.15, 0.2) is 211 Å². The van der Waals surface area contributed by atoms with Gasteiger partial charge in [-0.25, -0.2) is 19.8 Å². The van der Waals surface area contributed by atoms with Gasteiger partial charge in [-0.1, -0.05) is 164 Å². The fraction of sp³-hybridized carbons (Fsp3) is 0. The largest absolute Gasteiger partial charge is 0.455 e. The van der Waals surface area contributed by atoms with Crippen LogP contribution in [0, 0.1) is 6.57 Å². The van der Waals surface area contributed by atoms with E-state index in [9.17, 15) is 0 Å². The molecule has 0 atom stereocenters. The molecule has 63 heavy (non-hydrogen) atoms. The fourth-order valence-corrected chi connectivity index (χ4v) is 8.95. The van der Waals surface area contributed by atoms with E-state index < -0.39 is 0 Å². The Morgan fingerprint density at radius 1 is 0.333 bits per heavy atom. The molecular formula is C58H34N4O. The van der Waals surface area contributed by atoms with Crippen molar-refractivity contribution < 1.29 is 4.42 Å². The highest BCUT2D eigenvalue weighted by Gasteiger charge is 2.18. The van der Waals surface area contributed by atoms with Crippen molar-refractivity contribution in [1.82, 2.24) is 15.0 Å². The van der Waals surface area contributed by atoms with Crippen molar-refractivity contribution in [3.8, 4) is 67.5 Å². The molecule has 0 N–H and O–H groups in total. The second-order valence-electron chi connectivity index (χ2n) is 15.9. The first kappa shape index (κ1) is 36.2. The van der Waals surface area contributed by atoms with Gasteiger partial charge in [-0.3, -0.25) is 0 Å². The zero-order chi connectivity index (χ0) is 41.9. The molecule has 10 aromatic carbocycles. The van der Waals surface area contributed by atoms with Crippen LogP contribution >= 0.6 is 0 Å². The summed E-state index contributed by atoms with van der Waals surface area (Å²) in [5, 5.41) is 9.03. The Morgan fingerprint density at radius 3 is 1.46 bits per heavy atom. The molecule has 0 saturated heterocycles. The van der Waals surface area contributed by atoms with Crippen molar-refractivity contribution in [2.24, 2.45) is 0 Å². The van der Waals surface area contributed by atoms with Crippen molar-refractivity contribution in [1.29, 1.82) is 0 Å². The molecule has 12 rings (SSSR count). The summed E-state index contributed by atoms with van der Waals surface area (Å²) in [7, 11) is 0. The predicted octanol–water partition coefficient (Wildman–Crippen LogP) is 15.8. The van der Waals surface area contributed by atoms with Gasteiger partial charge in [-0.15, -0.1) is 0 Å². The van der Waals surface area contributed by atoms with Crippen molar-refractivity contribution in [3.63, 3.8) is 0 Å². The minimum absolute atomic E-state index is 0.630. The Morgan fingerprint density at radius 2 is 0.810 bits per heavy atom. The molecule has 0 unspecified atom stereocenters. The van der Waals surface area contributed by atoms with E-state index in [-0.39, 0.29) is 0 Å². The van der Waals surface area contributed by atoms with Crippen LogP contribution in [0.1, 0.15) is 0 Å². The van der Waals surface area contributed by atoms with Gasteiger partial charge in [-0.2, -0.15) is 0 Å². The Labute approximate surface area is 363 Å². The SMILES string of the molecule is [C-]#[N+]c1cccc(-c2ccc3c4ccc(-c5ccc6cc(-c7cccc(-c8nc(-c9ccccc9)nc(-c9ccccc9)n8)c7)ccc6c5)cc4c4oc5ccccc5c4c3c2)c1. The average Bonchev–Trinajstić information content (AvgIpc) is 3.77. The summed E-state index contributed by atoms with van der Waals surface area (Å²) >= 11 is 0. The van der Waals surface area contributed by atoms with E-state index in [2.05, 4.69) is 120 Å². The molecule has 0 saturated carbocycles. The van der Waals surface area contributed by atoms with Gasteiger partial charge in [-0.05, 0) is 103 Å². The second-order valence-corrected chi connectivity index (χ2v) is 15.9. The van der Waals surface area contributed by atoms with Crippen LogP contribution in [0.4, 0.5) is 5.69 Å². The van der Waals surface area contributed by atoms with E-state index in [0.717, 1.165) is 98.9 Å². The average molecular weight is 803 g/mol. The second kappa shape index (κ2) is 14.8. The smallest absolute Gasteiger partial charge is 0.187 e. The number of aromatic nitrogens is 3. The van der Waals surface area contributed by atoms with Crippen LogP contribution in [0.2, 0.25) is 0 Å². The number of nitrogens with zero attached hydrogens (tertiary/aromatic N) is 4. The third-order valence-corrected chi connectivity index (χ3v) is 12.1. The van der Waals surface area contributed by atoms with Crippen LogP contribution in [0.3, 0.4) is 0 Å². The molecule has 0 aliphatic heterocycles. The first-order chi connectivity index (χ1) is 31.1. The first-order valence-corrected chi connectivity index (χ1v) is 20.9. The summed E-state index contributed by atoms with van der Waals surface area (Å²) in [5.41, 5.74) is 11.7. The van der Waals surface area contributed by atoms with E-state index in [1.807, 2.05) is 91.0 Å². The van der Waals surface area contributed by atoms with E-state index in [4.69, 9.17) is 25.9 Å². The lowest BCUT2D eigenvalue weighted by atomic mass is 9.91. The first-order valence-electron chi connectivity index (χ1n) is 20.9. The third-order valence-electron chi connectivity index (χ3n) is 12.1. The summed E-state index contributed by atoms with van der Waals surface area (Å²) < 4.78 is 6.71. The van der Waals surface area contributed by atoms with Crippen LogP contribution in [0.5, 0.6) is 0 Å². The zero-order valence-corrected chi connectivity index (χ0v) is 33.8. The van der Waals surface area contributed by atoms with E-state index in [1.165, 1.54) is 5.39 Å². The molecule has 0 spiro atoms. The molecule has 0 aliphatic carbocycles. The summed E-state index contributed by atoms with van der Waals surface area (Å²) in [6, 6.07) is 71.4. The van der Waals surface area contributed by atoms with Crippen molar-refractivity contribution in [2.75, 3.05) is 0 Å². The predicted molar refractivity (Wildman–Crippen MR) is 259 cm³/mol. The minimum atomic E-state index is 0.630. The third kappa shape index (κ3) is 6.37. The minimum Gasteiger partial charge on any atom is -0.455 e. The highest BCUT2D eigenvalue weighted by molar-refractivity contribution is 6.31. The van der Waals surface area contributed by atoms with Gasteiger partial charge in [0, 0.05) is 32.8 Å². The topological polar surface area (TPSA) is 56.2 Å². The molecule has 2 aromatic heterocycles. The number of hydrogen-bond acceptors (Lipinski definition) is 4. The molecule has 0 fully saturated rings. The van der Waals surface area contributed by atoms with Crippen LogP contribution in [-0.2, 0) is 0 Å². The Kier molecular flexibility index (Phi) is 8.48. The number of benzene rings is 10. The quantitative estimate of drug-likeness (QED) is 0.124. The highest BCUT2D eigenvalue weighted by Crippen LogP contribution is 2.44. The Hall–Kier alpha value is -8.72. The molecule has 292 valence electrons. The van der Waals surface area contributed by atoms with E-state index in [0.29, 0.717) is 23.2 Å². The van der Waals surface area contributed by atoms with E-state index in [1.54, 1.807) is 0 Å². The zero-order valence-electron chi connectivity index (χ0n) is 33.8. The Bertz CT molecular complexity index is 3750. The van der Waals surface area contributed by atoms with E-state index >= 15 is 0 Å². The number of furan rings is 1. The number of fused-ring (bicyclic) bond motifs is 9. The molecule has 0 bridgehead atoms. The molecule has 12 aromatic rings. The summed E-state index contributed by atoms with van der Waals surface area (Å²) in [6.07, 6.45) is 0. The molecule has 0 aliphatic rings. The lowest BCUT2D eigenvalue weighted by Crippen LogP contribution is -2.00. The standard InChI is InChI=1S/C58H34N4O/c1-59-47-19-11-17-39(33-47)44-26-28-48-49-29-27-45(35-52(49)55-54(51(48)34-44)50-20-8-9-21-53(50)63-55)43-25-24-41-30-40(22-23-42(41)31-43)38-16-10-18-46(32-38)58-61-56(36-12-4-2-5-13-36)60-57(62-58)37-14-6-3-7-15-37/h2-35H. The van der Waals surface area contributed by atoms with Gasteiger partial charge >= 0.3 is 0 Å². The van der Waals surface area contributed by atoms with Gasteiger partial charge in [0.25, 0.3) is 0 Å². The van der Waals surface area contributed by atoms with Gasteiger partial charge in [0.15, 0.2) is 23.2 Å². The lowest BCUT2D eigenvalue weighted by molar-refractivity contribution is 0.673. The molecule has 5 nitrogen and oxygen atoms in total. The molecule has 0 radical (unpaired) electrons. The fourth-order valence-electron chi connectivity index (χ4n) is 8.95. The van der Waals surface area contributed by atoms with Crippen molar-refractivity contribution in [2.45, 2.75) is 0 Å². The van der Waals surface area contributed by atoms with Crippen molar-refractivity contribution in [3.05, 3.63) is 218 Å². The molecular weight excluding hydrogens is 769 g/mol. The maximum absolute atomic E-state index is 7.55. The number of hydrogen-bond donors (Lipinski definition) is 0. The van der Waals surface area contributed by atoms with Gasteiger partial charge in [0.1, 0.15) is 11.2 Å². The monoisotopic (exact) mass is 802 g/mol. The van der Waals surface area contributed by atoms with Crippen molar-refractivity contribution >= 4 is 59.9 Å². The summed E-state index contributed by atoms with van der Waals surface area (Å²) in [5.74, 6) is 1.91. The van der Waals surface area contributed by atoms with Crippen LogP contribution < -0.4 is 0 Å².